The van der Waals surface area contributed by atoms with Gasteiger partial charge in [0.15, 0.2) is 5.90 Å². The van der Waals surface area contributed by atoms with E-state index in [9.17, 15) is 0 Å². The summed E-state index contributed by atoms with van der Waals surface area (Å²) in [7, 11) is 0. The lowest BCUT2D eigenvalue weighted by molar-refractivity contribution is 0.319. The highest BCUT2D eigenvalue weighted by molar-refractivity contribution is 6.30. The van der Waals surface area contributed by atoms with Crippen LogP contribution in [-0.4, -0.2) is 12.5 Å². The summed E-state index contributed by atoms with van der Waals surface area (Å²) in [4.78, 5) is 4.29. The summed E-state index contributed by atoms with van der Waals surface area (Å²) in [5.74, 6) is 0.612. The van der Waals surface area contributed by atoms with E-state index in [0.29, 0.717) is 35.2 Å². The molecule has 0 spiro atoms. The molecule has 4 heteroatoms. The largest absolute Gasteiger partial charge is 0.481 e. The normalized spacial score (nSPS) is 11.0. The number of aliphatic imine (C=N–C) groups is 1. The molecule has 1 aromatic carbocycles. The highest BCUT2D eigenvalue weighted by Gasteiger charge is 2.04. The van der Waals surface area contributed by atoms with Crippen molar-refractivity contribution in [1.82, 2.24) is 0 Å². The van der Waals surface area contributed by atoms with Crippen LogP contribution in [0.3, 0.4) is 0 Å². The van der Waals surface area contributed by atoms with Gasteiger partial charge in [0.05, 0.1) is 17.9 Å². The first kappa shape index (κ1) is 12.5. The smallest absolute Gasteiger partial charge is 0.188 e. The Morgan fingerprint density at radius 2 is 2.25 bits per heavy atom. The summed E-state index contributed by atoms with van der Waals surface area (Å²) in [6.45, 7) is 4.41. The van der Waals surface area contributed by atoms with Crippen molar-refractivity contribution in [3.05, 3.63) is 28.8 Å². The van der Waals surface area contributed by atoms with E-state index in [1.54, 1.807) is 18.2 Å². The van der Waals surface area contributed by atoms with Gasteiger partial charge in [-0.05, 0) is 25.1 Å². The number of halogens is 1. The summed E-state index contributed by atoms with van der Waals surface area (Å²) in [6.07, 6.45) is 0.686. The standard InChI is InChI=1S/C12H13ClN2O/c1-3-12(16-4-2)15-11-7-10(13)6-5-9(11)8-14/h5-7H,3-4H2,1-2H3. The molecule has 0 saturated carbocycles. The average molecular weight is 237 g/mol. The molecule has 0 heterocycles. The number of hydrogen-bond acceptors (Lipinski definition) is 3. The van der Waals surface area contributed by atoms with E-state index in [-0.39, 0.29) is 0 Å². The lowest BCUT2D eigenvalue weighted by Crippen LogP contribution is -2.02. The molecule has 1 aromatic rings. The predicted molar refractivity (Wildman–Crippen MR) is 65.2 cm³/mol. The van der Waals surface area contributed by atoms with Crippen molar-refractivity contribution in [2.24, 2.45) is 4.99 Å². The van der Waals surface area contributed by atoms with Gasteiger partial charge in [0.1, 0.15) is 6.07 Å². The van der Waals surface area contributed by atoms with Gasteiger partial charge < -0.3 is 4.74 Å². The van der Waals surface area contributed by atoms with Gasteiger partial charge in [-0.25, -0.2) is 4.99 Å². The van der Waals surface area contributed by atoms with E-state index in [4.69, 9.17) is 21.6 Å². The fraction of sp³-hybridized carbons (Fsp3) is 0.333. The van der Waals surface area contributed by atoms with Crippen LogP contribution in [-0.2, 0) is 4.74 Å². The minimum absolute atomic E-state index is 0.495. The number of hydrogen-bond donors (Lipinski definition) is 0. The van der Waals surface area contributed by atoms with Gasteiger partial charge in [0.2, 0.25) is 0 Å². The van der Waals surface area contributed by atoms with Crippen LogP contribution in [0.15, 0.2) is 23.2 Å². The topological polar surface area (TPSA) is 45.4 Å². The fourth-order valence-electron chi connectivity index (χ4n) is 1.21. The summed E-state index contributed by atoms with van der Waals surface area (Å²) in [5, 5.41) is 9.48. The molecule has 0 aliphatic heterocycles. The molecule has 0 unspecified atom stereocenters. The molecule has 1 rings (SSSR count). The molecule has 0 fully saturated rings. The first-order valence-corrected chi connectivity index (χ1v) is 5.49. The number of rotatable bonds is 3. The Morgan fingerprint density at radius 1 is 1.50 bits per heavy atom. The maximum Gasteiger partial charge on any atom is 0.188 e. The monoisotopic (exact) mass is 236 g/mol. The van der Waals surface area contributed by atoms with E-state index in [1.165, 1.54) is 0 Å². The Balaban J connectivity index is 3.11. The van der Waals surface area contributed by atoms with Crippen molar-refractivity contribution in [2.75, 3.05) is 6.61 Å². The summed E-state index contributed by atoms with van der Waals surface area (Å²) < 4.78 is 5.33. The van der Waals surface area contributed by atoms with Gasteiger partial charge in [0.25, 0.3) is 0 Å². The molecule has 0 radical (unpaired) electrons. The van der Waals surface area contributed by atoms with Crippen molar-refractivity contribution in [3.63, 3.8) is 0 Å². The lowest BCUT2D eigenvalue weighted by Gasteiger charge is -2.05. The highest BCUT2D eigenvalue weighted by Crippen LogP contribution is 2.23. The molecular weight excluding hydrogens is 224 g/mol. The molecule has 0 aliphatic carbocycles. The molecule has 0 N–H and O–H groups in total. The van der Waals surface area contributed by atoms with Crippen LogP contribution in [0.2, 0.25) is 5.02 Å². The van der Waals surface area contributed by atoms with Crippen molar-refractivity contribution >= 4 is 23.2 Å². The molecular formula is C12H13ClN2O. The van der Waals surface area contributed by atoms with Gasteiger partial charge in [-0.15, -0.1) is 0 Å². The second-order valence-corrected chi connectivity index (χ2v) is 3.50. The molecule has 0 amide bonds. The first-order valence-electron chi connectivity index (χ1n) is 5.11. The van der Waals surface area contributed by atoms with Gasteiger partial charge in [-0.2, -0.15) is 5.26 Å². The number of nitrogens with zero attached hydrogens (tertiary/aromatic N) is 2. The Labute approximate surface area is 100 Å². The van der Waals surface area contributed by atoms with Crippen LogP contribution < -0.4 is 0 Å². The second-order valence-electron chi connectivity index (χ2n) is 3.07. The fourth-order valence-corrected chi connectivity index (χ4v) is 1.37. The predicted octanol–water partition coefficient (Wildman–Crippen LogP) is 3.69. The zero-order chi connectivity index (χ0) is 12.0. The zero-order valence-electron chi connectivity index (χ0n) is 9.33. The zero-order valence-corrected chi connectivity index (χ0v) is 10.1. The Hall–Kier alpha value is -1.53. The Kier molecular flexibility index (Phi) is 4.81. The highest BCUT2D eigenvalue weighted by atomic mass is 35.5. The summed E-state index contributed by atoms with van der Waals surface area (Å²) in [6, 6.07) is 7.06. The molecule has 0 atom stereocenters. The van der Waals surface area contributed by atoms with Crippen LogP contribution in [0.5, 0.6) is 0 Å². The third-order valence-electron chi connectivity index (χ3n) is 1.94. The van der Waals surface area contributed by atoms with Crippen LogP contribution in [0.25, 0.3) is 0 Å². The molecule has 0 saturated heterocycles. The van der Waals surface area contributed by atoms with Crippen LogP contribution in [0.1, 0.15) is 25.8 Å². The summed E-state index contributed by atoms with van der Waals surface area (Å²) >= 11 is 5.86. The van der Waals surface area contributed by atoms with Crippen molar-refractivity contribution in [2.45, 2.75) is 20.3 Å². The number of ether oxygens (including phenoxy) is 1. The number of nitriles is 1. The second kappa shape index (κ2) is 6.14. The minimum Gasteiger partial charge on any atom is -0.481 e. The lowest BCUT2D eigenvalue weighted by atomic mass is 10.2. The maximum absolute atomic E-state index is 8.92. The number of benzene rings is 1. The van der Waals surface area contributed by atoms with E-state index in [0.717, 1.165) is 0 Å². The van der Waals surface area contributed by atoms with Crippen LogP contribution in [0, 0.1) is 11.3 Å². The average Bonchev–Trinajstić information content (AvgIpc) is 2.29. The molecule has 0 aliphatic rings. The van der Waals surface area contributed by atoms with Crippen molar-refractivity contribution < 1.29 is 4.74 Å². The molecule has 0 aromatic heterocycles. The Bertz CT molecular complexity index is 435. The quantitative estimate of drug-likeness (QED) is 0.594. The molecule has 0 bridgehead atoms. The van der Waals surface area contributed by atoms with E-state index in [2.05, 4.69) is 11.1 Å². The summed E-state index contributed by atoms with van der Waals surface area (Å²) in [5.41, 5.74) is 1.05. The van der Waals surface area contributed by atoms with E-state index >= 15 is 0 Å². The van der Waals surface area contributed by atoms with Crippen LogP contribution in [0.4, 0.5) is 5.69 Å². The minimum atomic E-state index is 0.495. The van der Waals surface area contributed by atoms with Crippen molar-refractivity contribution in [3.8, 4) is 6.07 Å². The van der Waals surface area contributed by atoms with E-state index < -0.39 is 0 Å². The van der Waals surface area contributed by atoms with Crippen LogP contribution >= 0.6 is 11.6 Å². The third-order valence-corrected chi connectivity index (χ3v) is 2.17. The maximum atomic E-state index is 8.92. The van der Waals surface area contributed by atoms with Crippen molar-refractivity contribution in [1.29, 1.82) is 5.26 Å². The SMILES string of the molecule is CCOC(CC)=Nc1cc(Cl)ccc1C#N. The van der Waals surface area contributed by atoms with Gasteiger partial charge >= 0.3 is 0 Å². The Morgan fingerprint density at radius 3 is 2.81 bits per heavy atom. The molecule has 84 valence electrons. The van der Waals surface area contributed by atoms with Gasteiger partial charge in [-0.1, -0.05) is 18.5 Å². The van der Waals surface area contributed by atoms with Gasteiger partial charge in [0, 0.05) is 11.4 Å². The van der Waals surface area contributed by atoms with E-state index in [1.807, 2.05) is 13.8 Å². The van der Waals surface area contributed by atoms with Gasteiger partial charge in [-0.3, -0.25) is 0 Å². The first-order chi connectivity index (χ1) is 7.71. The molecule has 16 heavy (non-hydrogen) atoms. The molecule has 3 nitrogen and oxygen atoms in total. The third kappa shape index (κ3) is 3.25.